The molecule has 3 heteroatoms. The third-order valence-corrected chi connectivity index (χ3v) is 6.07. The Hall–Kier alpha value is -2.12. The Morgan fingerprint density at radius 2 is 1.55 bits per heavy atom. The summed E-state index contributed by atoms with van der Waals surface area (Å²) in [5, 5.41) is 20.9. The van der Waals surface area contributed by atoms with Crippen LogP contribution in [0.15, 0.2) is 60.7 Å². The van der Waals surface area contributed by atoms with Gasteiger partial charge in [-0.15, -0.1) is 0 Å². The summed E-state index contributed by atoms with van der Waals surface area (Å²) >= 11 is 0. The van der Waals surface area contributed by atoms with Crippen molar-refractivity contribution in [2.75, 3.05) is 26.2 Å². The molecule has 0 bridgehead atoms. The normalized spacial score (nSPS) is 16.4. The van der Waals surface area contributed by atoms with E-state index < -0.39 is 5.60 Å². The van der Waals surface area contributed by atoms with E-state index in [0.29, 0.717) is 19.5 Å². The highest BCUT2D eigenvalue weighted by atomic mass is 16.3. The number of aliphatic hydroxyl groups is 2. The summed E-state index contributed by atoms with van der Waals surface area (Å²) in [7, 11) is 0. The molecule has 0 aromatic heterocycles. The van der Waals surface area contributed by atoms with Crippen molar-refractivity contribution >= 4 is 0 Å². The maximum Gasteiger partial charge on any atom is 0.103 e. The van der Waals surface area contributed by atoms with Gasteiger partial charge in [-0.2, -0.15) is 0 Å². The van der Waals surface area contributed by atoms with Gasteiger partial charge < -0.3 is 10.2 Å². The van der Waals surface area contributed by atoms with Crippen LogP contribution in [-0.2, 0) is 12.0 Å². The van der Waals surface area contributed by atoms with Crippen molar-refractivity contribution in [2.24, 2.45) is 5.92 Å². The highest BCUT2D eigenvalue weighted by molar-refractivity contribution is 5.26. The van der Waals surface area contributed by atoms with Crippen molar-refractivity contribution in [2.45, 2.75) is 44.1 Å². The molecule has 0 unspecified atom stereocenters. The molecule has 2 aromatic rings. The molecule has 3 rings (SSSR count). The lowest BCUT2D eigenvalue weighted by atomic mass is 9.78. The van der Waals surface area contributed by atoms with E-state index in [1.165, 1.54) is 18.4 Å². The van der Waals surface area contributed by atoms with Gasteiger partial charge in [-0.05, 0) is 36.3 Å². The van der Waals surface area contributed by atoms with Crippen molar-refractivity contribution < 1.29 is 10.2 Å². The molecule has 154 valence electrons. The minimum Gasteiger partial charge on any atom is -0.395 e. The summed E-state index contributed by atoms with van der Waals surface area (Å²) in [6.07, 6.45) is 5.93. The minimum absolute atomic E-state index is 0.131. The molecular formula is C26H33NO2. The molecule has 2 aromatic carbocycles. The van der Waals surface area contributed by atoms with Crippen LogP contribution in [0.3, 0.4) is 0 Å². The zero-order chi connectivity index (χ0) is 20.4. The van der Waals surface area contributed by atoms with E-state index in [9.17, 15) is 10.2 Å². The Morgan fingerprint density at radius 1 is 0.897 bits per heavy atom. The largest absolute Gasteiger partial charge is 0.395 e. The molecule has 1 fully saturated rings. The molecule has 1 atom stereocenters. The summed E-state index contributed by atoms with van der Waals surface area (Å²) in [5.41, 5.74) is 1.41. The van der Waals surface area contributed by atoms with Gasteiger partial charge in [-0.3, -0.25) is 4.90 Å². The highest BCUT2D eigenvalue weighted by Gasteiger charge is 2.39. The smallest absolute Gasteiger partial charge is 0.103 e. The predicted molar refractivity (Wildman–Crippen MR) is 118 cm³/mol. The first-order valence-electron chi connectivity index (χ1n) is 10.8. The fraction of sp³-hybridized carbons (Fsp3) is 0.462. The molecule has 0 radical (unpaired) electrons. The van der Waals surface area contributed by atoms with Gasteiger partial charge in [-0.25, -0.2) is 0 Å². The van der Waals surface area contributed by atoms with Gasteiger partial charge in [0.1, 0.15) is 5.60 Å². The number of hydrogen-bond donors (Lipinski definition) is 2. The van der Waals surface area contributed by atoms with Gasteiger partial charge in [0, 0.05) is 19.5 Å². The first kappa shape index (κ1) is 21.6. The van der Waals surface area contributed by atoms with Crippen LogP contribution in [0.25, 0.3) is 0 Å². The van der Waals surface area contributed by atoms with Crippen LogP contribution in [0.4, 0.5) is 0 Å². The Labute approximate surface area is 175 Å². The van der Waals surface area contributed by atoms with Gasteiger partial charge in [-0.1, -0.05) is 85.3 Å². The molecule has 1 aliphatic rings. The van der Waals surface area contributed by atoms with E-state index >= 15 is 0 Å². The van der Waals surface area contributed by atoms with Crippen molar-refractivity contribution in [1.29, 1.82) is 0 Å². The number of nitrogens with zero attached hydrogens (tertiary/aromatic N) is 1. The summed E-state index contributed by atoms with van der Waals surface area (Å²) in [5.74, 6) is 6.81. The van der Waals surface area contributed by atoms with Crippen molar-refractivity contribution in [3.63, 3.8) is 0 Å². The van der Waals surface area contributed by atoms with Gasteiger partial charge >= 0.3 is 0 Å². The fourth-order valence-corrected chi connectivity index (χ4v) is 4.32. The van der Waals surface area contributed by atoms with Crippen LogP contribution in [0.1, 0.15) is 43.2 Å². The summed E-state index contributed by atoms with van der Waals surface area (Å²) < 4.78 is 0. The Balaban J connectivity index is 1.61. The van der Waals surface area contributed by atoms with Crippen LogP contribution in [0.5, 0.6) is 0 Å². The maximum absolute atomic E-state index is 11.5. The Kier molecular flexibility index (Phi) is 8.31. The molecule has 0 aliphatic heterocycles. The summed E-state index contributed by atoms with van der Waals surface area (Å²) in [4.78, 5) is 2.18. The summed E-state index contributed by atoms with van der Waals surface area (Å²) in [6.45, 7) is 2.23. The lowest BCUT2D eigenvalue weighted by Gasteiger charge is -2.33. The average Bonchev–Trinajstić information content (AvgIpc) is 3.32. The molecule has 0 spiro atoms. The third kappa shape index (κ3) is 6.18. The van der Waals surface area contributed by atoms with E-state index in [0.717, 1.165) is 31.4 Å². The number of benzene rings is 2. The standard InChI is InChI=1S/C26H33NO2/c28-22-21-27(20-17-23-11-3-1-4-12-23)19-10-9-18-26(29,25-15-7-8-16-25)24-13-5-2-6-14-24/h1-6,11-14,25,28-29H,7-8,15-22H2/t26-/m1/s1. The second kappa shape index (κ2) is 11.2. The second-order valence-corrected chi connectivity index (χ2v) is 8.04. The number of hydrogen-bond acceptors (Lipinski definition) is 3. The topological polar surface area (TPSA) is 43.7 Å². The molecular weight excluding hydrogens is 358 g/mol. The minimum atomic E-state index is -0.864. The van der Waals surface area contributed by atoms with Crippen LogP contribution < -0.4 is 0 Å². The first-order valence-corrected chi connectivity index (χ1v) is 10.8. The van der Waals surface area contributed by atoms with Crippen molar-refractivity contribution in [1.82, 2.24) is 4.90 Å². The van der Waals surface area contributed by atoms with Crippen LogP contribution in [-0.4, -0.2) is 41.4 Å². The number of aliphatic hydroxyl groups excluding tert-OH is 1. The van der Waals surface area contributed by atoms with E-state index in [1.54, 1.807) is 0 Å². The first-order chi connectivity index (χ1) is 14.2. The van der Waals surface area contributed by atoms with Gasteiger partial charge in [0.05, 0.1) is 13.2 Å². The Morgan fingerprint density at radius 3 is 2.21 bits per heavy atom. The number of rotatable bonds is 9. The van der Waals surface area contributed by atoms with E-state index in [-0.39, 0.29) is 12.5 Å². The molecule has 1 saturated carbocycles. The Bertz CT molecular complexity index is 775. The van der Waals surface area contributed by atoms with E-state index in [2.05, 4.69) is 41.0 Å². The quantitative estimate of drug-likeness (QED) is 0.635. The highest BCUT2D eigenvalue weighted by Crippen LogP contribution is 2.42. The molecule has 29 heavy (non-hydrogen) atoms. The molecule has 0 heterocycles. The van der Waals surface area contributed by atoms with Gasteiger partial charge in [0.2, 0.25) is 0 Å². The van der Waals surface area contributed by atoms with Gasteiger partial charge in [0.15, 0.2) is 0 Å². The summed E-state index contributed by atoms with van der Waals surface area (Å²) in [6, 6.07) is 20.4. The molecule has 1 aliphatic carbocycles. The lowest BCUT2D eigenvalue weighted by Crippen LogP contribution is -2.33. The predicted octanol–water partition coefficient (Wildman–Crippen LogP) is 3.99. The van der Waals surface area contributed by atoms with E-state index in [4.69, 9.17) is 0 Å². The van der Waals surface area contributed by atoms with Gasteiger partial charge in [0.25, 0.3) is 0 Å². The van der Waals surface area contributed by atoms with Crippen molar-refractivity contribution in [3.8, 4) is 11.8 Å². The molecule has 0 saturated heterocycles. The van der Waals surface area contributed by atoms with E-state index in [1.807, 2.05) is 36.4 Å². The third-order valence-electron chi connectivity index (χ3n) is 6.07. The molecule has 0 amide bonds. The second-order valence-electron chi connectivity index (χ2n) is 8.04. The fourth-order valence-electron chi connectivity index (χ4n) is 4.32. The van der Waals surface area contributed by atoms with Crippen LogP contribution >= 0.6 is 0 Å². The molecule has 2 N–H and O–H groups in total. The zero-order valence-electron chi connectivity index (χ0n) is 17.3. The van der Waals surface area contributed by atoms with Crippen LogP contribution in [0, 0.1) is 17.8 Å². The lowest BCUT2D eigenvalue weighted by molar-refractivity contribution is -0.0173. The zero-order valence-corrected chi connectivity index (χ0v) is 17.3. The SMILES string of the molecule is OCCN(CC#CC[C@@](O)(c1ccccc1)C1CCCC1)CCc1ccccc1. The monoisotopic (exact) mass is 391 g/mol. The average molecular weight is 392 g/mol. The van der Waals surface area contributed by atoms with Crippen LogP contribution in [0.2, 0.25) is 0 Å². The maximum atomic E-state index is 11.5. The van der Waals surface area contributed by atoms with Crippen molar-refractivity contribution in [3.05, 3.63) is 71.8 Å². The molecule has 3 nitrogen and oxygen atoms in total.